The molecule has 178 valence electrons. The van der Waals surface area contributed by atoms with E-state index in [1.165, 1.54) is 0 Å². The van der Waals surface area contributed by atoms with Gasteiger partial charge in [0.1, 0.15) is 5.84 Å². The minimum atomic E-state index is -1.01. The first kappa shape index (κ1) is 23.8. The zero-order valence-electron chi connectivity index (χ0n) is 20.0. The molecular weight excluding hydrogens is 440 g/mol. The van der Waals surface area contributed by atoms with Gasteiger partial charge in [0.25, 0.3) is 5.91 Å². The molecule has 4 rings (SSSR count). The van der Waals surface area contributed by atoms with Crippen LogP contribution in [0.5, 0.6) is 0 Å². The summed E-state index contributed by atoms with van der Waals surface area (Å²) in [5.74, 6) is -1.23. The number of hydrogen-bond donors (Lipinski definition) is 4. The number of nitrogen functional groups attached to an aromatic ring is 1. The first-order valence-corrected chi connectivity index (χ1v) is 11.4. The number of aromatic carboxylic acids is 1. The lowest BCUT2D eigenvalue weighted by Crippen LogP contribution is -2.18. The van der Waals surface area contributed by atoms with Crippen molar-refractivity contribution >= 4 is 28.6 Å². The summed E-state index contributed by atoms with van der Waals surface area (Å²) in [6, 6.07) is 16.5. The molecule has 1 amide bonds. The number of nitrogens with two attached hydrogens (primary N) is 1. The lowest BCUT2D eigenvalue weighted by atomic mass is 9.89. The predicted molar refractivity (Wildman–Crippen MR) is 138 cm³/mol. The number of benzene rings is 3. The van der Waals surface area contributed by atoms with E-state index in [1.54, 1.807) is 31.3 Å². The number of nitrogens with one attached hydrogen (secondary N) is 2. The quantitative estimate of drug-likeness (QED) is 0.234. The van der Waals surface area contributed by atoms with Gasteiger partial charge in [-0.05, 0) is 60.4 Å². The molecule has 0 fully saturated rings. The first-order valence-electron chi connectivity index (χ1n) is 11.4. The Hall–Kier alpha value is -4.39. The van der Waals surface area contributed by atoms with Crippen molar-refractivity contribution in [1.29, 1.82) is 5.41 Å². The fraction of sp³-hybridized carbons (Fsp3) is 0.179. The van der Waals surface area contributed by atoms with Crippen molar-refractivity contribution < 1.29 is 14.7 Å². The average Bonchev–Trinajstić information content (AvgIpc) is 3.20. The number of amides is 1. The van der Waals surface area contributed by atoms with Gasteiger partial charge >= 0.3 is 5.97 Å². The molecule has 0 saturated carbocycles. The second-order valence-electron chi connectivity index (χ2n) is 8.57. The third kappa shape index (κ3) is 4.53. The molecule has 1 aromatic heterocycles. The van der Waals surface area contributed by atoms with Crippen LogP contribution in [0.4, 0.5) is 0 Å². The van der Waals surface area contributed by atoms with E-state index < -0.39 is 5.97 Å². The third-order valence-electron chi connectivity index (χ3n) is 6.29. The maximum absolute atomic E-state index is 12.4. The summed E-state index contributed by atoms with van der Waals surface area (Å²) in [6.45, 7) is 4.66. The van der Waals surface area contributed by atoms with Gasteiger partial charge in [-0.15, -0.1) is 0 Å². The molecule has 1 heterocycles. The highest BCUT2D eigenvalue weighted by molar-refractivity contribution is 6.01. The standard InChI is InChI=1S/C28H28N4O3/c1-4-32-15-20(21-10-8-18(26(29)30)14-25(21)32)12-17-6-7-19(27(33)31-3)13-23(17)22-9-5-16(2)11-24(22)28(34)35/h5-11,13-15H,4,12H2,1-3H3,(H3,29,30)(H,31,33)(H,34,35). The highest BCUT2D eigenvalue weighted by atomic mass is 16.4. The zero-order valence-corrected chi connectivity index (χ0v) is 20.0. The molecule has 0 aliphatic rings. The summed E-state index contributed by atoms with van der Waals surface area (Å²) in [6.07, 6.45) is 2.62. The van der Waals surface area contributed by atoms with Gasteiger partial charge < -0.3 is 20.7 Å². The van der Waals surface area contributed by atoms with Crippen molar-refractivity contribution in [3.63, 3.8) is 0 Å². The maximum atomic E-state index is 12.4. The molecule has 4 aromatic rings. The number of fused-ring (bicyclic) bond motifs is 1. The number of aryl methyl sites for hydroxylation is 2. The van der Waals surface area contributed by atoms with Crippen molar-refractivity contribution in [1.82, 2.24) is 9.88 Å². The van der Waals surface area contributed by atoms with Gasteiger partial charge in [0.2, 0.25) is 0 Å². The number of rotatable bonds is 7. The number of carboxylic acids is 1. The van der Waals surface area contributed by atoms with E-state index in [0.29, 0.717) is 28.7 Å². The number of aromatic nitrogens is 1. The van der Waals surface area contributed by atoms with Crippen LogP contribution in [0.3, 0.4) is 0 Å². The van der Waals surface area contributed by atoms with Crippen LogP contribution in [0.15, 0.2) is 60.8 Å². The van der Waals surface area contributed by atoms with Crippen molar-refractivity contribution in [2.24, 2.45) is 5.73 Å². The van der Waals surface area contributed by atoms with Gasteiger partial charge in [0.15, 0.2) is 0 Å². The topological polar surface area (TPSA) is 121 Å². The number of hydrogen-bond acceptors (Lipinski definition) is 3. The number of nitrogens with zero attached hydrogens (tertiary/aromatic N) is 1. The van der Waals surface area contributed by atoms with E-state index >= 15 is 0 Å². The van der Waals surface area contributed by atoms with Crippen LogP contribution in [0.25, 0.3) is 22.0 Å². The van der Waals surface area contributed by atoms with E-state index in [9.17, 15) is 14.7 Å². The molecule has 0 unspecified atom stereocenters. The van der Waals surface area contributed by atoms with Crippen LogP contribution in [0.1, 0.15) is 49.9 Å². The van der Waals surface area contributed by atoms with E-state index in [4.69, 9.17) is 11.1 Å². The van der Waals surface area contributed by atoms with E-state index in [0.717, 1.165) is 34.1 Å². The molecule has 0 aliphatic carbocycles. The van der Waals surface area contributed by atoms with Gasteiger partial charge in [-0.3, -0.25) is 10.2 Å². The molecule has 3 aromatic carbocycles. The fourth-order valence-corrected chi connectivity index (χ4v) is 4.48. The number of carboxylic acid groups (broad SMARTS) is 1. The number of carbonyl (C=O) groups excluding carboxylic acids is 1. The predicted octanol–water partition coefficient (Wildman–Crippen LogP) is 4.57. The Kier molecular flexibility index (Phi) is 6.42. The van der Waals surface area contributed by atoms with Gasteiger partial charge in [0.05, 0.1) is 5.56 Å². The Morgan fingerprint density at radius 2 is 1.74 bits per heavy atom. The van der Waals surface area contributed by atoms with E-state index in [-0.39, 0.29) is 17.3 Å². The van der Waals surface area contributed by atoms with Crippen LogP contribution >= 0.6 is 0 Å². The monoisotopic (exact) mass is 468 g/mol. The molecule has 0 saturated heterocycles. The SMILES string of the molecule is CCn1cc(Cc2ccc(C(=O)NC)cc2-c2ccc(C)cc2C(=O)O)c2ccc(C(=N)N)cc21. The second kappa shape index (κ2) is 9.46. The highest BCUT2D eigenvalue weighted by Gasteiger charge is 2.19. The Morgan fingerprint density at radius 3 is 2.40 bits per heavy atom. The number of amidine groups is 1. The van der Waals surface area contributed by atoms with Crippen LogP contribution in [-0.2, 0) is 13.0 Å². The van der Waals surface area contributed by atoms with Crippen molar-refractivity contribution in [3.05, 3.63) is 94.2 Å². The molecule has 0 spiro atoms. The van der Waals surface area contributed by atoms with Crippen molar-refractivity contribution in [3.8, 4) is 11.1 Å². The largest absolute Gasteiger partial charge is 0.478 e. The van der Waals surface area contributed by atoms with Crippen LogP contribution in [0.2, 0.25) is 0 Å². The van der Waals surface area contributed by atoms with Crippen LogP contribution < -0.4 is 11.1 Å². The van der Waals surface area contributed by atoms with Gasteiger partial charge in [-0.25, -0.2) is 4.79 Å². The summed E-state index contributed by atoms with van der Waals surface area (Å²) < 4.78 is 2.12. The summed E-state index contributed by atoms with van der Waals surface area (Å²) in [5, 5.41) is 21.4. The van der Waals surface area contributed by atoms with Gasteiger partial charge in [0, 0.05) is 48.2 Å². The smallest absolute Gasteiger partial charge is 0.336 e. The normalized spacial score (nSPS) is 10.9. The minimum Gasteiger partial charge on any atom is -0.478 e. The minimum absolute atomic E-state index is 0.0185. The Morgan fingerprint density at radius 1 is 1.00 bits per heavy atom. The van der Waals surface area contributed by atoms with Crippen molar-refractivity contribution in [2.75, 3.05) is 7.05 Å². The van der Waals surface area contributed by atoms with Gasteiger partial charge in [-0.1, -0.05) is 35.9 Å². The van der Waals surface area contributed by atoms with Crippen molar-refractivity contribution in [2.45, 2.75) is 26.8 Å². The molecule has 0 radical (unpaired) electrons. The molecule has 35 heavy (non-hydrogen) atoms. The Balaban J connectivity index is 1.91. The maximum Gasteiger partial charge on any atom is 0.336 e. The molecule has 7 heteroatoms. The first-order chi connectivity index (χ1) is 16.7. The Bertz CT molecular complexity index is 1480. The molecule has 5 N–H and O–H groups in total. The second-order valence-corrected chi connectivity index (χ2v) is 8.57. The fourth-order valence-electron chi connectivity index (χ4n) is 4.48. The number of carbonyl (C=O) groups is 2. The molecule has 0 atom stereocenters. The Labute approximate surface area is 203 Å². The third-order valence-corrected chi connectivity index (χ3v) is 6.29. The van der Waals surface area contributed by atoms with E-state index in [1.807, 2.05) is 37.3 Å². The van der Waals surface area contributed by atoms with Crippen LogP contribution in [0, 0.1) is 12.3 Å². The highest BCUT2D eigenvalue weighted by Crippen LogP contribution is 2.33. The molecular formula is C28H28N4O3. The lowest BCUT2D eigenvalue weighted by Gasteiger charge is -2.15. The molecule has 7 nitrogen and oxygen atoms in total. The van der Waals surface area contributed by atoms with Gasteiger partial charge in [-0.2, -0.15) is 0 Å². The average molecular weight is 469 g/mol. The molecule has 0 aliphatic heterocycles. The summed E-state index contributed by atoms with van der Waals surface area (Å²) in [4.78, 5) is 24.5. The van der Waals surface area contributed by atoms with E-state index in [2.05, 4.69) is 23.0 Å². The zero-order chi connectivity index (χ0) is 25.3. The molecule has 0 bridgehead atoms. The summed E-state index contributed by atoms with van der Waals surface area (Å²) >= 11 is 0. The van der Waals surface area contributed by atoms with Crippen LogP contribution in [-0.4, -0.2) is 34.4 Å². The summed E-state index contributed by atoms with van der Waals surface area (Å²) in [5.41, 5.74) is 12.1. The lowest BCUT2D eigenvalue weighted by molar-refractivity contribution is 0.0697. The summed E-state index contributed by atoms with van der Waals surface area (Å²) in [7, 11) is 1.57.